The number of nitrogens with zero attached hydrogens (tertiary/aromatic N) is 1. The van der Waals surface area contributed by atoms with Gasteiger partial charge in [0.1, 0.15) is 0 Å². The Hall–Kier alpha value is -0.0800. The van der Waals surface area contributed by atoms with E-state index in [2.05, 4.69) is 37.9 Å². The third-order valence-electron chi connectivity index (χ3n) is 5.64. The first kappa shape index (κ1) is 15.3. The van der Waals surface area contributed by atoms with Crippen LogP contribution in [0.3, 0.4) is 0 Å². The second-order valence-corrected chi connectivity index (χ2v) is 7.34. The smallest absolute Gasteiger partial charge is 0.0309 e. The standard InChI is InChI=1S/C17H34N2/c1-5-14(2)11-15(3)19-13-17(18-12-16(19)4)9-7-6-8-10-17/h14-16,18H,5-13H2,1-4H3. The van der Waals surface area contributed by atoms with Crippen molar-refractivity contribution in [2.75, 3.05) is 13.1 Å². The summed E-state index contributed by atoms with van der Waals surface area (Å²) in [5.74, 6) is 0.861. The van der Waals surface area contributed by atoms with E-state index in [-0.39, 0.29) is 0 Å². The fourth-order valence-electron chi connectivity index (χ4n) is 4.08. The van der Waals surface area contributed by atoms with Crippen molar-refractivity contribution >= 4 is 0 Å². The second-order valence-electron chi connectivity index (χ2n) is 7.34. The van der Waals surface area contributed by atoms with Crippen molar-refractivity contribution in [2.24, 2.45) is 5.92 Å². The lowest BCUT2D eigenvalue weighted by Crippen LogP contribution is -2.65. The molecular formula is C17H34N2. The van der Waals surface area contributed by atoms with Crippen LogP contribution in [0.5, 0.6) is 0 Å². The Balaban J connectivity index is 1.97. The molecule has 0 bridgehead atoms. The number of piperazine rings is 1. The summed E-state index contributed by atoms with van der Waals surface area (Å²) in [4.78, 5) is 2.80. The molecule has 1 spiro atoms. The average Bonchev–Trinajstić information content (AvgIpc) is 2.42. The molecule has 1 aliphatic heterocycles. The number of rotatable bonds is 4. The molecule has 1 aliphatic carbocycles. The lowest BCUT2D eigenvalue weighted by Gasteiger charge is -2.51. The van der Waals surface area contributed by atoms with Crippen molar-refractivity contribution in [2.45, 2.75) is 90.3 Å². The fraction of sp³-hybridized carbons (Fsp3) is 1.00. The van der Waals surface area contributed by atoms with Crippen LogP contribution in [-0.4, -0.2) is 35.6 Å². The van der Waals surface area contributed by atoms with Crippen LogP contribution >= 0.6 is 0 Å². The number of nitrogens with one attached hydrogen (secondary N) is 1. The SMILES string of the molecule is CCC(C)CC(C)N1CC2(CCCCC2)NCC1C. The first-order valence-corrected chi connectivity index (χ1v) is 8.57. The Bertz CT molecular complexity index is 270. The zero-order chi connectivity index (χ0) is 13.9. The molecule has 19 heavy (non-hydrogen) atoms. The van der Waals surface area contributed by atoms with E-state index in [0.29, 0.717) is 11.6 Å². The predicted molar refractivity (Wildman–Crippen MR) is 83.5 cm³/mol. The molecule has 2 nitrogen and oxygen atoms in total. The van der Waals surface area contributed by atoms with Gasteiger partial charge in [-0.25, -0.2) is 0 Å². The van der Waals surface area contributed by atoms with Gasteiger partial charge >= 0.3 is 0 Å². The first-order chi connectivity index (χ1) is 9.06. The van der Waals surface area contributed by atoms with Gasteiger partial charge in [-0.1, -0.05) is 39.5 Å². The van der Waals surface area contributed by atoms with Crippen LogP contribution in [0.4, 0.5) is 0 Å². The van der Waals surface area contributed by atoms with E-state index >= 15 is 0 Å². The van der Waals surface area contributed by atoms with E-state index in [1.54, 1.807) is 0 Å². The molecule has 3 atom stereocenters. The second kappa shape index (κ2) is 6.58. The van der Waals surface area contributed by atoms with Gasteiger partial charge in [0.2, 0.25) is 0 Å². The summed E-state index contributed by atoms with van der Waals surface area (Å²) in [6.45, 7) is 12.0. The van der Waals surface area contributed by atoms with Crippen LogP contribution in [0.2, 0.25) is 0 Å². The largest absolute Gasteiger partial charge is 0.308 e. The topological polar surface area (TPSA) is 15.3 Å². The van der Waals surface area contributed by atoms with E-state index in [1.807, 2.05) is 0 Å². The quantitative estimate of drug-likeness (QED) is 0.832. The highest BCUT2D eigenvalue weighted by molar-refractivity contribution is 5.00. The fourth-order valence-corrected chi connectivity index (χ4v) is 4.08. The monoisotopic (exact) mass is 266 g/mol. The maximum atomic E-state index is 3.89. The molecular weight excluding hydrogens is 232 g/mol. The molecule has 0 radical (unpaired) electrons. The summed E-state index contributed by atoms with van der Waals surface area (Å²) in [6.07, 6.45) is 9.76. The van der Waals surface area contributed by atoms with Crippen molar-refractivity contribution in [3.05, 3.63) is 0 Å². The summed E-state index contributed by atoms with van der Waals surface area (Å²) in [5.41, 5.74) is 0.453. The molecule has 1 saturated heterocycles. The number of hydrogen-bond acceptors (Lipinski definition) is 2. The van der Waals surface area contributed by atoms with E-state index in [0.717, 1.165) is 12.0 Å². The van der Waals surface area contributed by atoms with Crippen molar-refractivity contribution in [3.8, 4) is 0 Å². The van der Waals surface area contributed by atoms with Gasteiger partial charge in [0, 0.05) is 30.7 Å². The number of hydrogen-bond donors (Lipinski definition) is 1. The molecule has 1 heterocycles. The van der Waals surface area contributed by atoms with E-state index in [4.69, 9.17) is 0 Å². The maximum absolute atomic E-state index is 3.89. The predicted octanol–water partition coefficient (Wildman–Crippen LogP) is 3.81. The van der Waals surface area contributed by atoms with Gasteiger partial charge in [0.25, 0.3) is 0 Å². The van der Waals surface area contributed by atoms with Crippen LogP contribution in [0, 0.1) is 5.92 Å². The molecule has 1 N–H and O–H groups in total. The summed E-state index contributed by atoms with van der Waals surface area (Å²) in [5, 5.41) is 3.89. The lowest BCUT2D eigenvalue weighted by molar-refractivity contribution is 0.0291. The normalized spacial score (nSPS) is 31.3. The molecule has 2 fully saturated rings. The average molecular weight is 266 g/mol. The Morgan fingerprint density at radius 3 is 2.53 bits per heavy atom. The minimum absolute atomic E-state index is 0.453. The Labute approximate surface area is 120 Å². The Morgan fingerprint density at radius 1 is 1.21 bits per heavy atom. The van der Waals surface area contributed by atoms with Gasteiger partial charge in [-0.2, -0.15) is 0 Å². The van der Waals surface area contributed by atoms with Crippen LogP contribution < -0.4 is 5.32 Å². The lowest BCUT2D eigenvalue weighted by atomic mass is 9.79. The van der Waals surface area contributed by atoms with Crippen LogP contribution in [-0.2, 0) is 0 Å². The molecule has 0 amide bonds. The third-order valence-corrected chi connectivity index (χ3v) is 5.64. The highest BCUT2D eigenvalue weighted by Gasteiger charge is 2.39. The van der Waals surface area contributed by atoms with Crippen molar-refractivity contribution in [3.63, 3.8) is 0 Å². The molecule has 2 rings (SSSR count). The van der Waals surface area contributed by atoms with Gasteiger partial charge in [-0.3, -0.25) is 4.90 Å². The molecule has 0 aromatic heterocycles. The summed E-state index contributed by atoms with van der Waals surface area (Å²) in [6, 6.07) is 1.44. The highest BCUT2D eigenvalue weighted by atomic mass is 15.3. The molecule has 2 heteroatoms. The van der Waals surface area contributed by atoms with Crippen molar-refractivity contribution < 1.29 is 0 Å². The molecule has 0 aromatic carbocycles. The van der Waals surface area contributed by atoms with E-state index in [9.17, 15) is 0 Å². The minimum Gasteiger partial charge on any atom is -0.308 e. The van der Waals surface area contributed by atoms with Crippen LogP contribution in [0.25, 0.3) is 0 Å². The Kier molecular flexibility index (Phi) is 5.30. The van der Waals surface area contributed by atoms with E-state index < -0.39 is 0 Å². The van der Waals surface area contributed by atoms with E-state index in [1.165, 1.54) is 58.0 Å². The molecule has 0 aromatic rings. The molecule has 2 aliphatic rings. The summed E-state index contributed by atoms with van der Waals surface area (Å²) >= 11 is 0. The van der Waals surface area contributed by atoms with Gasteiger partial charge in [-0.05, 0) is 39.0 Å². The van der Waals surface area contributed by atoms with Crippen molar-refractivity contribution in [1.82, 2.24) is 10.2 Å². The Morgan fingerprint density at radius 2 is 1.89 bits per heavy atom. The molecule has 112 valence electrons. The highest BCUT2D eigenvalue weighted by Crippen LogP contribution is 2.33. The molecule has 1 saturated carbocycles. The first-order valence-electron chi connectivity index (χ1n) is 8.57. The zero-order valence-corrected chi connectivity index (χ0v) is 13.5. The van der Waals surface area contributed by atoms with Gasteiger partial charge in [-0.15, -0.1) is 0 Å². The van der Waals surface area contributed by atoms with Gasteiger partial charge in [0.15, 0.2) is 0 Å². The van der Waals surface area contributed by atoms with Gasteiger partial charge < -0.3 is 5.32 Å². The van der Waals surface area contributed by atoms with Crippen molar-refractivity contribution in [1.29, 1.82) is 0 Å². The van der Waals surface area contributed by atoms with Crippen LogP contribution in [0.15, 0.2) is 0 Å². The van der Waals surface area contributed by atoms with Crippen LogP contribution in [0.1, 0.15) is 72.6 Å². The van der Waals surface area contributed by atoms with Gasteiger partial charge in [0.05, 0.1) is 0 Å². The molecule has 3 unspecified atom stereocenters. The maximum Gasteiger partial charge on any atom is 0.0309 e. The summed E-state index contributed by atoms with van der Waals surface area (Å²) in [7, 11) is 0. The zero-order valence-electron chi connectivity index (χ0n) is 13.5. The summed E-state index contributed by atoms with van der Waals surface area (Å²) < 4.78 is 0. The third kappa shape index (κ3) is 3.72. The minimum atomic E-state index is 0.453.